The fraction of sp³-hybridized carbons (Fsp3) is 0.500. The summed E-state index contributed by atoms with van der Waals surface area (Å²) in [5.74, 6) is 0. The van der Waals surface area contributed by atoms with Gasteiger partial charge in [0.1, 0.15) is 0 Å². The van der Waals surface area contributed by atoms with Crippen LogP contribution in [0.5, 0.6) is 0 Å². The predicted molar refractivity (Wildman–Crippen MR) is 80.3 cm³/mol. The number of carbonyl (C=O) groups excluding carboxylic acids is 1. The number of aryl methyl sites for hydroxylation is 1. The number of ether oxygens (including phenoxy) is 1. The van der Waals surface area contributed by atoms with E-state index >= 15 is 0 Å². The lowest BCUT2D eigenvalue weighted by atomic mass is 10.2. The van der Waals surface area contributed by atoms with E-state index in [2.05, 4.69) is 10.6 Å². The number of benzene rings is 1. The van der Waals surface area contributed by atoms with E-state index in [1.165, 1.54) is 12.1 Å². The highest BCUT2D eigenvalue weighted by Crippen LogP contribution is 2.20. The number of rotatable bonds is 4. The highest BCUT2D eigenvalue weighted by Gasteiger charge is 2.16. The summed E-state index contributed by atoms with van der Waals surface area (Å²) in [6.07, 6.45) is 3.17. The Bertz CT molecular complexity index is 622. The van der Waals surface area contributed by atoms with Crippen LogP contribution in [0.25, 0.3) is 0 Å². The van der Waals surface area contributed by atoms with E-state index in [9.17, 15) is 13.2 Å². The molecular weight excluding hydrogens is 292 g/mol. The smallest absolute Gasteiger partial charge is 0.319 e. The van der Waals surface area contributed by atoms with Crippen LogP contribution in [0.15, 0.2) is 23.1 Å². The second kappa shape index (κ2) is 6.44. The van der Waals surface area contributed by atoms with Crippen molar-refractivity contribution in [1.82, 2.24) is 5.32 Å². The Balaban J connectivity index is 1.99. The third-order valence-corrected chi connectivity index (χ3v) is 4.51. The van der Waals surface area contributed by atoms with E-state index in [-0.39, 0.29) is 17.0 Å². The van der Waals surface area contributed by atoms with Crippen LogP contribution in [0.1, 0.15) is 18.4 Å². The molecule has 21 heavy (non-hydrogen) atoms. The number of urea groups is 1. The zero-order valence-corrected chi connectivity index (χ0v) is 13.0. The molecule has 6 nitrogen and oxygen atoms in total. The van der Waals surface area contributed by atoms with Crippen molar-refractivity contribution < 1.29 is 17.9 Å². The van der Waals surface area contributed by atoms with E-state index in [0.29, 0.717) is 12.2 Å². The maximum Gasteiger partial charge on any atom is 0.319 e. The Hall–Kier alpha value is -1.60. The first-order valence-corrected chi connectivity index (χ1v) is 8.72. The van der Waals surface area contributed by atoms with Gasteiger partial charge in [-0.25, -0.2) is 13.2 Å². The first kappa shape index (κ1) is 15.8. The SMILES string of the molecule is Cc1ccc(S(C)(=O)=O)cc1NC(=O)NCC1CCCO1. The first-order chi connectivity index (χ1) is 9.86. The monoisotopic (exact) mass is 312 g/mol. The van der Waals surface area contributed by atoms with Gasteiger partial charge in [0.15, 0.2) is 9.84 Å². The van der Waals surface area contributed by atoms with E-state index in [1.54, 1.807) is 6.07 Å². The Kier molecular flexibility index (Phi) is 4.84. The van der Waals surface area contributed by atoms with Crippen LogP contribution in [-0.4, -0.2) is 40.0 Å². The summed E-state index contributed by atoms with van der Waals surface area (Å²) in [6.45, 7) is 3.00. The molecule has 2 rings (SSSR count). The summed E-state index contributed by atoms with van der Waals surface area (Å²) in [6, 6.07) is 4.31. The van der Waals surface area contributed by atoms with E-state index in [4.69, 9.17) is 4.74 Å². The zero-order valence-electron chi connectivity index (χ0n) is 12.2. The number of carbonyl (C=O) groups is 1. The Morgan fingerprint density at radius 1 is 1.43 bits per heavy atom. The molecule has 1 atom stereocenters. The highest BCUT2D eigenvalue weighted by atomic mass is 32.2. The molecule has 2 amide bonds. The average molecular weight is 312 g/mol. The maximum atomic E-state index is 11.9. The van der Waals surface area contributed by atoms with E-state index in [1.807, 2.05) is 6.92 Å². The van der Waals surface area contributed by atoms with Crippen molar-refractivity contribution in [3.8, 4) is 0 Å². The Labute approximate surface area is 124 Å². The molecule has 0 radical (unpaired) electrons. The number of sulfone groups is 1. The van der Waals surface area contributed by atoms with Crippen LogP contribution in [0, 0.1) is 6.92 Å². The van der Waals surface area contributed by atoms with Gasteiger partial charge in [0.25, 0.3) is 0 Å². The molecule has 0 saturated carbocycles. The molecule has 0 aromatic heterocycles. The van der Waals surface area contributed by atoms with E-state index < -0.39 is 9.84 Å². The van der Waals surface area contributed by atoms with Crippen molar-refractivity contribution in [1.29, 1.82) is 0 Å². The zero-order chi connectivity index (χ0) is 15.5. The van der Waals surface area contributed by atoms with Crippen molar-refractivity contribution in [3.05, 3.63) is 23.8 Å². The topological polar surface area (TPSA) is 84.5 Å². The molecule has 0 bridgehead atoms. The minimum absolute atomic E-state index is 0.0687. The number of nitrogens with one attached hydrogen (secondary N) is 2. The van der Waals surface area contributed by atoms with Gasteiger partial charge in [0, 0.05) is 25.1 Å². The molecule has 1 aromatic carbocycles. The van der Waals surface area contributed by atoms with Gasteiger partial charge >= 0.3 is 6.03 Å². The first-order valence-electron chi connectivity index (χ1n) is 6.83. The quantitative estimate of drug-likeness (QED) is 0.886. The van der Waals surface area contributed by atoms with Gasteiger partial charge in [-0.2, -0.15) is 0 Å². The maximum absolute atomic E-state index is 11.9. The molecule has 1 aliphatic rings. The number of anilines is 1. The van der Waals surface area contributed by atoms with Crippen molar-refractivity contribution in [3.63, 3.8) is 0 Å². The van der Waals surface area contributed by atoms with Crippen LogP contribution in [0.2, 0.25) is 0 Å². The van der Waals surface area contributed by atoms with Gasteiger partial charge in [0.2, 0.25) is 0 Å². The van der Waals surface area contributed by atoms with Crippen LogP contribution >= 0.6 is 0 Å². The number of hydrogen-bond acceptors (Lipinski definition) is 4. The van der Waals surface area contributed by atoms with Gasteiger partial charge in [-0.3, -0.25) is 0 Å². The van der Waals surface area contributed by atoms with Gasteiger partial charge in [-0.15, -0.1) is 0 Å². The molecule has 1 aromatic rings. The third kappa shape index (κ3) is 4.44. The lowest BCUT2D eigenvalue weighted by Gasteiger charge is -2.13. The lowest BCUT2D eigenvalue weighted by Crippen LogP contribution is -2.35. The number of amides is 2. The standard InChI is InChI=1S/C14H20N2O4S/c1-10-5-6-12(21(2,18)19)8-13(10)16-14(17)15-9-11-4-3-7-20-11/h5-6,8,11H,3-4,7,9H2,1-2H3,(H2,15,16,17). The fourth-order valence-electron chi connectivity index (χ4n) is 2.14. The molecule has 1 heterocycles. The largest absolute Gasteiger partial charge is 0.376 e. The molecule has 1 saturated heterocycles. The molecule has 0 spiro atoms. The average Bonchev–Trinajstić information content (AvgIpc) is 2.91. The highest BCUT2D eigenvalue weighted by molar-refractivity contribution is 7.90. The van der Waals surface area contributed by atoms with Crippen LogP contribution < -0.4 is 10.6 Å². The van der Waals surface area contributed by atoms with Crippen molar-refractivity contribution in [2.24, 2.45) is 0 Å². The fourth-order valence-corrected chi connectivity index (χ4v) is 2.79. The minimum atomic E-state index is -3.29. The Morgan fingerprint density at radius 3 is 2.81 bits per heavy atom. The molecule has 2 N–H and O–H groups in total. The van der Waals surface area contributed by atoms with Crippen LogP contribution in [-0.2, 0) is 14.6 Å². The predicted octanol–water partition coefficient (Wildman–Crippen LogP) is 1.70. The molecule has 7 heteroatoms. The molecular formula is C14H20N2O4S. The van der Waals surface area contributed by atoms with Crippen molar-refractivity contribution >= 4 is 21.6 Å². The van der Waals surface area contributed by atoms with Gasteiger partial charge in [0.05, 0.1) is 11.0 Å². The lowest BCUT2D eigenvalue weighted by molar-refractivity contribution is 0.112. The summed E-state index contributed by atoms with van der Waals surface area (Å²) >= 11 is 0. The van der Waals surface area contributed by atoms with Crippen molar-refractivity contribution in [2.45, 2.75) is 30.8 Å². The number of hydrogen-bond donors (Lipinski definition) is 2. The van der Waals surface area contributed by atoms with Crippen LogP contribution in [0.4, 0.5) is 10.5 Å². The van der Waals surface area contributed by atoms with Gasteiger partial charge in [-0.1, -0.05) is 6.07 Å². The van der Waals surface area contributed by atoms with Gasteiger partial charge in [-0.05, 0) is 37.5 Å². The summed E-state index contributed by atoms with van der Waals surface area (Å²) in [4.78, 5) is 12.0. The minimum Gasteiger partial charge on any atom is -0.376 e. The Morgan fingerprint density at radius 2 is 2.19 bits per heavy atom. The normalized spacial score (nSPS) is 18.5. The van der Waals surface area contributed by atoms with Gasteiger partial charge < -0.3 is 15.4 Å². The van der Waals surface area contributed by atoms with Crippen molar-refractivity contribution in [2.75, 3.05) is 24.7 Å². The summed E-state index contributed by atoms with van der Waals surface area (Å²) in [5.41, 5.74) is 1.29. The molecule has 1 aliphatic heterocycles. The molecule has 1 fully saturated rings. The third-order valence-electron chi connectivity index (χ3n) is 3.40. The molecule has 116 valence electrons. The second-order valence-corrected chi connectivity index (χ2v) is 7.23. The second-order valence-electron chi connectivity index (χ2n) is 5.22. The van der Waals surface area contributed by atoms with E-state index in [0.717, 1.165) is 31.3 Å². The summed E-state index contributed by atoms with van der Waals surface area (Å²) in [5, 5.41) is 5.41. The molecule has 1 unspecified atom stereocenters. The summed E-state index contributed by atoms with van der Waals surface area (Å²) in [7, 11) is -3.29. The summed E-state index contributed by atoms with van der Waals surface area (Å²) < 4.78 is 28.5. The molecule has 0 aliphatic carbocycles. The van der Waals surface area contributed by atoms with Crippen LogP contribution in [0.3, 0.4) is 0 Å².